The molecule has 3 aliphatic carbocycles. The largest absolute Gasteiger partial charge is 0.278 e. The van der Waals surface area contributed by atoms with E-state index in [0.29, 0.717) is 0 Å². The van der Waals surface area contributed by atoms with E-state index in [-0.39, 0.29) is 36.7 Å². The third kappa shape index (κ3) is 2.58. The van der Waals surface area contributed by atoms with Gasteiger partial charge in [0.2, 0.25) is 23.6 Å². The van der Waals surface area contributed by atoms with Crippen LogP contribution in [-0.4, -0.2) is 33.4 Å². The van der Waals surface area contributed by atoms with Crippen LogP contribution in [0, 0.1) is 35.5 Å². The lowest BCUT2D eigenvalue weighted by molar-refractivity contribution is -0.140. The molecule has 3 fully saturated rings. The average Bonchev–Trinajstić information content (AvgIpc) is 3.24. The first kappa shape index (κ1) is 19.2. The van der Waals surface area contributed by atoms with Crippen molar-refractivity contribution in [2.24, 2.45) is 35.5 Å². The summed E-state index contributed by atoms with van der Waals surface area (Å²) >= 11 is 0. The van der Waals surface area contributed by atoms with Gasteiger partial charge in [-0.15, -0.1) is 0 Å². The van der Waals surface area contributed by atoms with E-state index >= 15 is 0 Å². The number of carbonyl (C=O) groups is 4. The van der Waals surface area contributed by atoms with Gasteiger partial charge in [0.05, 0.1) is 36.8 Å². The highest BCUT2D eigenvalue weighted by molar-refractivity contribution is 6.10. The average molecular weight is 426 g/mol. The molecule has 2 saturated heterocycles. The van der Waals surface area contributed by atoms with Gasteiger partial charge in [-0.1, -0.05) is 72.8 Å². The van der Waals surface area contributed by atoms with Gasteiger partial charge in [0.15, 0.2) is 0 Å². The van der Waals surface area contributed by atoms with Crippen LogP contribution in [0.2, 0.25) is 0 Å². The number of rotatable bonds is 4. The Labute approximate surface area is 185 Å². The summed E-state index contributed by atoms with van der Waals surface area (Å²) in [6.45, 7) is 0.449. The fourth-order valence-corrected chi connectivity index (χ4v) is 6.19. The first-order valence-corrected chi connectivity index (χ1v) is 11.0. The number of nitrogens with zero attached hydrogens (tertiary/aromatic N) is 2. The zero-order valence-corrected chi connectivity index (χ0v) is 17.3. The summed E-state index contributed by atoms with van der Waals surface area (Å²) < 4.78 is 0. The van der Waals surface area contributed by atoms with E-state index in [4.69, 9.17) is 0 Å². The van der Waals surface area contributed by atoms with Gasteiger partial charge in [-0.05, 0) is 11.1 Å². The Bertz CT molecular complexity index is 1020. The molecule has 32 heavy (non-hydrogen) atoms. The van der Waals surface area contributed by atoms with E-state index in [9.17, 15) is 19.2 Å². The summed E-state index contributed by atoms with van der Waals surface area (Å²) in [5.74, 6) is -3.94. The minimum Gasteiger partial charge on any atom is -0.278 e. The van der Waals surface area contributed by atoms with E-state index in [2.05, 4.69) is 0 Å². The van der Waals surface area contributed by atoms with Crippen LogP contribution < -0.4 is 0 Å². The van der Waals surface area contributed by atoms with Gasteiger partial charge < -0.3 is 0 Å². The molecule has 6 atom stereocenters. The number of hydrogen-bond acceptors (Lipinski definition) is 4. The predicted molar refractivity (Wildman–Crippen MR) is 114 cm³/mol. The highest BCUT2D eigenvalue weighted by Gasteiger charge is 2.68. The molecule has 6 heteroatoms. The second kappa shape index (κ2) is 6.99. The van der Waals surface area contributed by atoms with Gasteiger partial charge >= 0.3 is 0 Å². The molecule has 4 amide bonds. The van der Waals surface area contributed by atoms with Crippen LogP contribution in [0.1, 0.15) is 11.1 Å². The van der Waals surface area contributed by atoms with Gasteiger partial charge in [0.1, 0.15) is 0 Å². The van der Waals surface area contributed by atoms with Crippen LogP contribution in [-0.2, 0) is 32.3 Å². The number of hydrogen-bond donors (Lipinski definition) is 0. The maximum absolute atomic E-state index is 13.4. The van der Waals surface area contributed by atoms with Crippen molar-refractivity contribution in [2.75, 3.05) is 0 Å². The molecule has 5 aliphatic rings. The summed E-state index contributed by atoms with van der Waals surface area (Å²) in [7, 11) is 0. The van der Waals surface area contributed by atoms with E-state index in [0.717, 1.165) is 11.1 Å². The van der Waals surface area contributed by atoms with E-state index in [1.54, 1.807) is 0 Å². The maximum Gasteiger partial charge on any atom is 0.234 e. The van der Waals surface area contributed by atoms with Crippen LogP contribution in [0.25, 0.3) is 0 Å². The number of carbonyl (C=O) groups excluding carboxylic acids is 4. The third-order valence-electron chi connectivity index (χ3n) is 7.56. The summed E-state index contributed by atoms with van der Waals surface area (Å²) in [6.07, 6.45) is 3.81. The van der Waals surface area contributed by atoms with Crippen molar-refractivity contribution in [2.45, 2.75) is 13.1 Å². The molecular weight excluding hydrogens is 404 g/mol. The Morgan fingerprint density at radius 2 is 0.812 bits per heavy atom. The first-order chi connectivity index (χ1) is 15.6. The van der Waals surface area contributed by atoms with Crippen molar-refractivity contribution in [3.05, 3.63) is 83.9 Å². The molecule has 2 aromatic rings. The number of allylic oxidation sites excluding steroid dienone is 2. The van der Waals surface area contributed by atoms with E-state index < -0.39 is 35.5 Å². The van der Waals surface area contributed by atoms with E-state index in [1.165, 1.54) is 9.80 Å². The van der Waals surface area contributed by atoms with Crippen LogP contribution in [0.5, 0.6) is 0 Å². The molecule has 0 spiro atoms. The second-order valence-corrected chi connectivity index (χ2v) is 9.14. The fourth-order valence-electron chi connectivity index (χ4n) is 6.19. The topological polar surface area (TPSA) is 74.8 Å². The number of imide groups is 2. The maximum atomic E-state index is 13.4. The zero-order valence-electron chi connectivity index (χ0n) is 17.3. The third-order valence-corrected chi connectivity index (χ3v) is 7.56. The lowest BCUT2D eigenvalue weighted by atomic mass is 9.54. The minimum absolute atomic E-state index is 0.219. The quantitative estimate of drug-likeness (QED) is 0.556. The zero-order chi connectivity index (χ0) is 22.0. The van der Waals surface area contributed by atoms with Crippen LogP contribution >= 0.6 is 0 Å². The summed E-state index contributed by atoms with van der Waals surface area (Å²) in [5, 5.41) is 0. The SMILES string of the molecule is O=C1[C@@H]2C3C=CC([C@@H]2C(=O)N1Cc1ccccc1)[C@@H]1C(=O)N(Cc2ccccc2)C(=O)[C@@H]31. The molecular formula is C26H22N2O4. The first-order valence-electron chi connectivity index (χ1n) is 11.0. The lowest BCUT2D eigenvalue weighted by Crippen LogP contribution is -2.50. The molecule has 2 aromatic carbocycles. The fraction of sp³-hybridized carbons (Fsp3) is 0.308. The Kier molecular flexibility index (Phi) is 4.18. The van der Waals surface area contributed by atoms with Crippen molar-refractivity contribution in [3.8, 4) is 0 Å². The molecule has 160 valence electrons. The summed E-state index contributed by atoms with van der Waals surface area (Å²) in [4.78, 5) is 56.1. The number of likely N-dealkylation sites (tertiary alicyclic amines) is 2. The number of benzene rings is 2. The van der Waals surface area contributed by atoms with Gasteiger partial charge in [-0.3, -0.25) is 29.0 Å². The number of amides is 4. The van der Waals surface area contributed by atoms with Gasteiger partial charge in [-0.2, -0.15) is 0 Å². The monoisotopic (exact) mass is 426 g/mol. The second-order valence-electron chi connectivity index (χ2n) is 9.14. The Morgan fingerprint density at radius 1 is 0.500 bits per heavy atom. The minimum atomic E-state index is -0.559. The molecule has 0 radical (unpaired) electrons. The molecule has 2 heterocycles. The van der Waals surface area contributed by atoms with Crippen LogP contribution in [0.3, 0.4) is 0 Å². The van der Waals surface area contributed by atoms with Crippen LogP contribution in [0.15, 0.2) is 72.8 Å². The van der Waals surface area contributed by atoms with Gasteiger partial charge in [0, 0.05) is 11.8 Å². The summed E-state index contributed by atoms with van der Waals surface area (Å²) in [6, 6.07) is 18.8. The molecule has 2 unspecified atom stereocenters. The predicted octanol–water partition coefficient (Wildman–Crippen LogP) is 2.41. The highest BCUT2D eigenvalue weighted by atomic mass is 16.2. The standard InChI is InChI=1S/C26H22N2O4/c29-23-19-17-11-12-18(20(19)24(30)27(23)13-15-7-3-1-4-8-15)22-21(17)25(31)28(26(22)32)14-16-9-5-2-6-10-16/h1-12,17-22H,13-14H2/t17?,18?,19-,20-,21-,22+/m0/s1. The Balaban J connectivity index is 1.31. The van der Waals surface area contributed by atoms with Crippen molar-refractivity contribution in [1.82, 2.24) is 9.80 Å². The normalized spacial score (nSPS) is 32.6. The smallest absolute Gasteiger partial charge is 0.234 e. The lowest BCUT2D eigenvalue weighted by Gasteiger charge is -2.44. The summed E-state index contributed by atoms with van der Waals surface area (Å²) in [5.41, 5.74) is 1.77. The van der Waals surface area contributed by atoms with Crippen LogP contribution in [0.4, 0.5) is 0 Å². The van der Waals surface area contributed by atoms with Gasteiger partial charge in [0.25, 0.3) is 0 Å². The van der Waals surface area contributed by atoms with Gasteiger partial charge in [-0.25, -0.2) is 0 Å². The Morgan fingerprint density at radius 3 is 1.12 bits per heavy atom. The van der Waals surface area contributed by atoms with Crippen molar-refractivity contribution in [1.29, 1.82) is 0 Å². The van der Waals surface area contributed by atoms with Crippen molar-refractivity contribution < 1.29 is 19.2 Å². The highest BCUT2D eigenvalue weighted by Crippen LogP contribution is 2.58. The molecule has 7 rings (SSSR count). The van der Waals surface area contributed by atoms with E-state index in [1.807, 2.05) is 72.8 Å². The molecule has 2 aliphatic heterocycles. The van der Waals surface area contributed by atoms with Crippen molar-refractivity contribution >= 4 is 23.6 Å². The molecule has 0 aromatic heterocycles. The van der Waals surface area contributed by atoms with Crippen molar-refractivity contribution in [3.63, 3.8) is 0 Å². The molecule has 0 N–H and O–H groups in total. The molecule has 2 bridgehead atoms. The Hall–Kier alpha value is -3.54. The molecule has 6 nitrogen and oxygen atoms in total. The molecule has 1 saturated carbocycles.